The van der Waals surface area contributed by atoms with E-state index in [0.717, 1.165) is 29.1 Å². The maximum atomic E-state index is 10.1. The van der Waals surface area contributed by atoms with Crippen molar-refractivity contribution in [3.63, 3.8) is 0 Å². The van der Waals surface area contributed by atoms with Gasteiger partial charge in [-0.05, 0) is 50.8 Å². The number of aromatic hydroxyl groups is 1. The molecule has 2 aromatic heterocycles. The predicted molar refractivity (Wildman–Crippen MR) is 84.4 cm³/mol. The van der Waals surface area contributed by atoms with Gasteiger partial charge in [-0.2, -0.15) is 0 Å². The lowest BCUT2D eigenvalue weighted by molar-refractivity contribution is 0.396. The van der Waals surface area contributed by atoms with Crippen LogP contribution in [0.15, 0.2) is 42.6 Å². The molecule has 0 fully saturated rings. The summed E-state index contributed by atoms with van der Waals surface area (Å²) in [7, 11) is 4.06. The highest BCUT2D eigenvalue weighted by Crippen LogP contribution is 2.32. The smallest absolute Gasteiger partial charge is 0.137 e. The summed E-state index contributed by atoms with van der Waals surface area (Å²) in [6.45, 7) is 2.81. The van der Waals surface area contributed by atoms with Crippen LogP contribution in [0.2, 0.25) is 0 Å². The molecule has 0 amide bonds. The molecule has 21 heavy (non-hydrogen) atoms. The predicted octanol–water partition coefficient (Wildman–Crippen LogP) is 3.08. The average molecular weight is 281 g/mol. The topological polar surface area (TPSA) is 40.8 Å². The van der Waals surface area contributed by atoms with Gasteiger partial charge >= 0.3 is 0 Å². The Morgan fingerprint density at radius 2 is 1.95 bits per heavy atom. The Balaban J connectivity index is 2.28. The molecule has 0 atom stereocenters. The molecule has 1 aromatic carbocycles. The maximum Gasteiger partial charge on any atom is 0.137 e. The third-order valence-corrected chi connectivity index (χ3v) is 3.51. The minimum absolute atomic E-state index is 0.262. The molecule has 0 unspecified atom stereocenters. The van der Waals surface area contributed by atoms with Crippen LogP contribution in [0.5, 0.6) is 5.75 Å². The van der Waals surface area contributed by atoms with Crippen molar-refractivity contribution in [2.45, 2.75) is 13.5 Å². The molecule has 0 saturated carbocycles. The Morgan fingerprint density at radius 3 is 2.67 bits per heavy atom. The van der Waals surface area contributed by atoms with E-state index in [0.29, 0.717) is 0 Å². The Bertz CT molecular complexity index is 790. The fourth-order valence-corrected chi connectivity index (χ4v) is 2.54. The zero-order valence-electron chi connectivity index (χ0n) is 12.5. The number of fused-ring (bicyclic) bond motifs is 1. The van der Waals surface area contributed by atoms with Crippen LogP contribution in [0.25, 0.3) is 16.9 Å². The van der Waals surface area contributed by atoms with Crippen molar-refractivity contribution in [3.8, 4) is 17.0 Å². The number of hydrogen-bond acceptors (Lipinski definition) is 3. The van der Waals surface area contributed by atoms with Gasteiger partial charge in [0.1, 0.15) is 11.4 Å². The highest BCUT2D eigenvalue weighted by atomic mass is 16.3. The Morgan fingerprint density at radius 1 is 1.19 bits per heavy atom. The SMILES string of the molecule is Cc1ccn2c(CN(C)C)c(-c3ccccc3O)nc2c1. The molecule has 4 heteroatoms. The normalized spacial score (nSPS) is 11.4. The lowest BCUT2D eigenvalue weighted by atomic mass is 10.1. The average Bonchev–Trinajstić information content (AvgIpc) is 2.76. The van der Waals surface area contributed by atoms with E-state index in [1.165, 1.54) is 5.56 Å². The van der Waals surface area contributed by atoms with Gasteiger partial charge in [0.05, 0.1) is 11.4 Å². The molecular formula is C17H19N3O. The number of phenolic OH excluding ortho intramolecular Hbond substituents is 1. The molecule has 0 aliphatic heterocycles. The second-order valence-corrected chi connectivity index (χ2v) is 5.59. The van der Waals surface area contributed by atoms with Gasteiger partial charge in [0.15, 0.2) is 0 Å². The number of hydrogen-bond donors (Lipinski definition) is 1. The molecule has 0 aliphatic carbocycles. The standard InChI is InChI=1S/C17H19N3O/c1-12-8-9-20-14(11-19(2)3)17(18-16(20)10-12)13-6-4-5-7-15(13)21/h4-10,21H,11H2,1-3H3. The van der Waals surface area contributed by atoms with Crippen molar-refractivity contribution < 1.29 is 5.11 Å². The largest absolute Gasteiger partial charge is 0.507 e. The van der Waals surface area contributed by atoms with Gasteiger partial charge in [0.2, 0.25) is 0 Å². The quantitative estimate of drug-likeness (QED) is 0.802. The van der Waals surface area contributed by atoms with Crippen molar-refractivity contribution in [2.75, 3.05) is 14.1 Å². The van der Waals surface area contributed by atoms with Crippen LogP contribution in [0.1, 0.15) is 11.3 Å². The van der Waals surface area contributed by atoms with E-state index in [2.05, 4.69) is 28.4 Å². The Hall–Kier alpha value is -2.33. The van der Waals surface area contributed by atoms with Crippen molar-refractivity contribution in [1.29, 1.82) is 0 Å². The highest BCUT2D eigenvalue weighted by Gasteiger charge is 2.16. The fraction of sp³-hybridized carbons (Fsp3) is 0.235. The molecule has 108 valence electrons. The number of aryl methyl sites for hydroxylation is 1. The zero-order valence-corrected chi connectivity index (χ0v) is 12.5. The van der Waals surface area contributed by atoms with Crippen molar-refractivity contribution in [1.82, 2.24) is 14.3 Å². The summed E-state index contributed by atoms with van der Waals surface area (Å²) in [4.78, 5) is 6.84. The first-order valence-corrected chi connectivity index (χ1v) is 6.97. The Labute approximate surface area is 124 Å². The number of aromatic nitrogens is 2. The molecule has 0 spiro atoms. The minimum atomic E-state index is 0.262. The Kier molecular flexibility index (Phi) is 3.39. The molecule has 1 N–H and O–H groups in total. The van der Waals surface area contributed by atoms with E-state index in [-0.39, 0.29) is 5.75 Å². The zero-order chi connectivity index (χ0) is 15.0. The van der Waals surface area contributed by atoms with Crippen molar-refractivity contribution >= 4 is 5.65 Å². The molecule has 3 rings (SSSR count). The summed E-state index contributed by atoms with van der Waals surface area (Å²) in [5, 5.41) is 10.1. The summed E-state index contributed by atoms with van der Waals surface area (Å²) in [5.74, 6) is 0.262. The minimum Gasteiger partial charge on any atom is -0.507 e. The number of para-hydroxylation sites is 1. The van der Waals surface area contributed by atoms with E-state index >= 15 is 0 Å². The van der Waals surface area contributed by atoms with Crippen LogP contribution in [-0.4, -0.2) is 33.5 Å². The van der Waals surface area contributed by atoms with Gasteiger partial charge in [-0.3, -0.25) is 0 Å². The summed E-state index contributed by atoms with van der Waals surface area (Å²) in [5.41, 5.74) is 4.78. The van der Waals surface area contributed by atoms with Crippen LogP contribution >= 0.6 is 0 Å². The first-order valence-electron chi connectivity index (χ1n) is 6.97. The molecule has 2 heterocycles. The summed E-state index contributed by atoms with van der Waals surface area (Å²) in [6.07, 6.45) is 2.04. The molecule has 0 radical (unpaired) electrons. The van der Waals surface area contributed by atoms with E-state index in [4.69, 9.17) is 4.98 Å². The van der Waals surface area contributed by atoms with Crippen molar-refractivity contribution in [3.05, 3.63) is 53.9 Å². The third-order valence-electron chi connectivity index (χ3n) is 3.51. The number of phenols is 1. The molecule has 4 nitrogen and oxygen atoms in total. The number of imidazole rings is 1. The number of rotatable bonds is 3. The van der Waals surface area contributed by atoms with Crippen LogP contribution in [0, 0.1) is 6.92 Å². The van der Waals surface area contributed by atoms with Gasteiger partial charge in [-0.15, -0.1) is 0 Å². The van der Waals surface area contributed by atoms with Gasteiger partial charge in [0, 0.05) is 18.3 Å². The van der Waals surface area contributed by atoms with Gasteiger partial charge in [-0.1, -0.05) is 12.1 Å². The molecule has 0 aliphatic rings. The highest BCUT2D eigenvalue weighted by molar-refractivity contribution is 5.72. The summed E-state index contributed by atoms with van der Waals surface area (Å²) >= 11 is 0. The van der Waals surface area contributed by atoms with E-state index < -0.39 is 0 Å². The summed E-state index contributed by atoms with van der Waals surface area (Å²) in [6, 6.07) is 11.5. The van der Waals surface area contributed by atoms with Crippen LogP contribution in [0.4, 0.5) is 0 Å². The maximum absolute atomic E-state index is 10.1. The van der Waals surface area contributed by atoms with Gasteiger partial charge < -0.3 is 14.4 Å². The lowest BCUT2D eigenvalue weighted by Gasteiger charge is -2.12. The van der Waals surface area contributed by atoms with Crippen molar-refractivity contribution in [2.24, 2.45) is 0 Å². The first-order chi connectivity index (χ1) is 10.1. The monoisotopic (exact) mass is 281 g/mol. The molecule has 0 saturated heterocycles. The molecule has 0 bridgehead atoms. The lowest BCUT2D eigenvalue weighted by Crippen LogP contribution is -2.13. The van der Waals surface area contributed by atoms with Crippen LogP contribution in [0.3, 0.4) is 0 Å². The van der Waals surface area contributed by atoms with Gasteiger partial charge in [-0.25, -0.2) is 4.98 Å². The van der Waals surface area contributed by atoms with E-state index in [9.17, 15) is 5.11 Å². The van der Waals surface area contributed by atoms with E-state index in [1.54, 1.807) is 6.07 Å². The number of pyridine rings is 1. The third kappa shape index (κ3) is 2.50. The fourth-order valence-electron chi connectivity index (χ4n) is 2.54. The number of nitrogens with zero attached hydrogens (tertiary/aromatic N) is 3. The molecule has 3 aromatic rings. The van der Waals surface area contributed by atoms with Gasteiger partial charge in [0.25, 0.3) is 0 Å². The van der Waals surface area contributed by atoms with Crippen LogP contribution in [-0.2, 0) is 6.54 Å². The number of benzene rings is 1. The summed E-state index contributed by atoms with van der Waals surface area (Å²) < 4.78 is 2.09. The first kappa shape index (κ1) is 13.6. The molecular weight excluding hydrogens is 262 g/mol. The second-order valence-electron chi connectivity index (χ2n) is 5.59. The second kappa shape index (κ2) is 5.22. The van der Waals surface area contributed by atoms with Crippen LogP contribution < -0.4 is 0 Å². The van der Waals surface area contributed by atoms with E-state index in [1.807, 2.05) is 38.5 Å².